The molecule has 0 unspecified atom stereocenters. The van der Waals surface area contributed by atoms with Crippen molar-refractivity contribution in [3.05, 3.63) is 47.6 Å². The third-order valence-corrected chi connectivity index (χ3v) is 6.20. The van der Waals surface area contributed by atoms with Crippen molar-refractivity contribution in [3.63, 3.8) is 0 Å². The molecule has 5 nitrogen and oxygen atoms in total. The fourth-order valence-electron chi connectivity index (χ4n) is 3.57. The summed E-state index contributed by atoms with van der Waals surface area (Å²) in [5.74, 6) is 0.189. The Morgan fingerprint density at radius 3 is 2.73 bits per heavy atom. The van der Waals surface area contributed by atoms with Gasteiger partial charge in [0.25, 0.3) is 0 Å². The molecule has 1 aliphatic rings. The Morgan fingerprint density at radius 1 is 1.27 bits per heavy atom. The highest BCUT2D eigenvalue weighted by Gasteiger charge is 2.24. The molecule has 0 radical (unpaired) electrons. The molecule has 0 bridgehead atoms. The summed E-state index contributed by atoms with van der Waals surface area (Å²) < 4.78 is 2.06. The van der Waals surface area contributed by atoms with Crippen LogP contribution in [0.25, 0.3) is 16.2 Å². The van der Waals surface area contributed by atoms with Gasteiger partial charge in [0.1, 0.15) is 0 Å². The summed E-state index contributed by atoms with van der Waals surface area (Å²) in [7, 11) is 4.09. The molecule has 4 rings (SSSR count). The number of rotatable bonds is 4. The van der Waals surface area contributed by atoms with Crippen molar-refractivity contribution in [1.29, 1.82) is 0 Å². The van der Waals surface area contributed by atoms with Crippen LogP contribution in [0.5, 0.6) is 0 Å². The van der Waals surface area contributed by atoms with Gasteiger partial charge in [0.05, 0.1) is 12.1 Å². The Labute approximate surface area is 157 Å². The lowest BCUT2D eigenvalue weighted by molar-refractivity contribution is -0.132. The topological polar surface area (TPSA) is 40.8 Å². The molecule has 1 saturated heterocycles. The minimum Gasteiger partial charge on any atom is -0.342 e. The summed E-state index contributed by atoms with van der Waals surface area (Å²) in [6, 6.07) is 10.5. The minimum absolute atomic E-state index is 0.189. The highest BCUT2D eigenvalue weighted by molar-refractivity contribution is 7.15. The smallest absolute Gasteiger partial charge is 0.228 e. The molecule has 1 amide bonds. The van der Waals surface area contributed by atoms with Crippen molar-refractivity contribution in [2.75, 3.05) is 27.2 Å². The number of nitrogens with zero attached hydrogens (tertiary/aromatic N) is 4. The number of benzene rings is 1. The van der Waals surface area contributed by atoms with E-state index in [1.165, 1.54) is 0 Å². The summed E-state index contributed by atoms with van der Waals surface area (Å²) in [5.41, 5.74) is 3.07. The zero-order chi connectivity index (χ0) is 18.1. The van der Waals surface area contributed by atoms with E-state index in [4.69, 9.17) is 4.98 Å². The molecular formula is C20H24N4OS. The lowest BCUT2D eigenvalue weighted by Crippen LogP contribution is -2.45. The molecule has 3 heterocycles. The molecule has 0 N–H and O–H groups in total. The molecule has 0 aliphatic carbocycles. The van der Waals surface area contributed by atoms with Crippen LogP contribution >= 0.6 is 11.3 Å². The summed E-state index contributed by atoms with van der Waals surface area (Å²) in [6.45, 7) is 2.12. The number of hydrogen-bond donors (Lipinski definition) is 0. The van der Waals surface area contributed by atoms with Crippen LogP contribution in [-0.2, 0) is 11.2 Å². The average Bonchev–Trinajstić information content (AvgIpc) is 3.24. The normalized spacial score (nSPS) is 16.2. The monoisotopic (exact) mass is 368 g/mol. The number of piperidine rings is 1. The van der Waals surface area contributed by atoms with Gasteiger partial charge in [0.15, 0.2) is 4.96 Å². The predicted molar refractivity (Wildman–Crippen MR) is 105 cm³/mol. The summed E-state index contributed by atoms with van der Waals surface area (Å²) in [4.78, 5) is 22.7. The highest BCUT2D eigenvalue weighted by atomic mass is 32.1. The average molecular weight is 369 g/mol. The Hall–Kier alpha value is -2.18. The molecule has 6 heteroatoms. The number of imidazole rings is 1. The Morgan fingerprint density at radius 2 is 2.00 bits per heavy atom. The fourth-order valence-corrected chi connectivity index (χ4v) is 4.44. The van der Waals surface area contributed by atoms with Gasteiger partial charge in [-0.15, -0.1) is 11.3 Å². The standard InChI is InChI=1S/C20H24N4OS/c1-22-10-8-16(9-11-22)23(2)19(25)12-17-14-26-20-21-18(13-24(17)20)15-6-4-3-5-7-15/h3-7,13-14,16H,8-12H2,1-2H3. The zero-order valence-corrected chi connectivity index (χ0v) is 16.1. The third kappa shape index (κ3) is 3.39. The van der Waals surface area contributed by atoms with Crippen molar-refractivity contribution in [2.24, 2.45) is 0 Å². The van der Waals surface area contributed by atoms with Crippen LogP contribution in [0.3, 0.4) is 0 Å². The lowest BCUT2D eigenvalue weighted by Gasteiger charge is -2.35. The van der Waals surface area contributed by atoms with E-state index in [9.17, 15) is 4.79 Å². The van der Waals surface area contributed by atoms with Gasteiger partial charge in [-0.3, -0.25) is 9.20 Å². The summed E-state index contributed by atoms with van der Waals surface area (Å²) >= 11 is 1.59. The molecular weight excluding hydrogens is 344 g/mol. The Balaban J connectivity index is 1.50. The quantitative estimate of drug-likeness (QED) is 0.710. The first-order valence-electron chi connectivity index (χ1n) is 9.07. The number of fused-ring (bicyclic) bond motifs is 1. The molecule has 2 aromatic heterocycles. The minimum atomic E-state index is 0.189. The summed E-state index contributed by atoms with van der Waals surface area (Å²) in [5, 5.41) is 2.05. The molecule has 0 spiro atoms. The number of likely N-dealkylation sites (tertiary alicyclic amines) is 1. The molecule has 1 aromatic carbocycles. The number of amides is 1. The van der Waals surface area contributed by atoms with Gasteiger partial charge in [0.2, 0.25) is 5.91 Å². The number of aromatic nitrogens is 2. The van der Waals surface area contributed by atoms with E-state index in [0.717, 1.165) is 47.8 Å². The van der Waals surface area contributed by atoms with E-state index in [2.05, 4.69) is 33.9 Å². The van der Waals surface area contributed by atoms with Gasteiger partial charge < -0.3 is 9.80 Å². The fraction of sp³-hybridized carbons (Fsp3) is 0.400. The van der Waals surface area contributed by atoms with Crippen LogP contribution in [-0.4, -0.2) is 58.3 Å². The van der Waals surface area contributed by atoms with Crippen molar-refractivity contribution >= 4 is 22.2 Å². The van der Waals surface area contributed by atoms with Gasteiger partial charge in [-0.25, -0.2) is 4.98 Å². The van der Waals surface area contributed by atoms with E-state index in [0.29, 0.717) is 12.5 Å². The van der Waals surface area contributed by atoms with E-state index in [1.54, 1.807) is 11.3 Å². The second-order valence-electron chi connectivity index (χ2n) is 7.09. The van der Waals surface area contributed by atoms with E-state index in [-0.39, 0.29) is 5.91 Å². The lowest BCUT2D eigenvalue weighted by atomic mass is 10.0. The summed E-state index contributed by atoms with van der Waals surface area (Å²) in [6.07, 6.45) is 4.58. The predicted octanol–water partition coefficient (Wildman–Crippen LogP) is 3.16. The Kier molecular flexibility index (Phi) is 4.78. The molecule has 3 aromatic rings. The SMILES string of the molecule is CN1CCC(N(C)C(=O)Cc2csc3nc(-c4ccccc4)cn23)CC1. The first-order chi connectivity index (χ1) is 12.6. The second-order valence-corrected chi connectivity index (χ2v) is 7.92. The van der Waals surface area contributed by atoms with Gasteiger partial charge in [-0.1, -0.05) is 30.3 Å². The first-order valence-corrected chi connectivity index (χ1v) is 9.95. The van der Waals surface area contributed by atoms with Crippen molar-refractivity contribution < 1.29 is 4.79 Å². The number of hydrogen-bond acceptors (Lipinski definition) is 4. The van der Waals surface area contributed by atoms with Crippen LogP contribution < -0.4 is 0 Å². The number of likely N-dealkylation sites (N-methyl/N-ethyl adjacent to an activating group) is 1. The Bertz CT molecular complexity index is 893. The van der Waals surface area contributed by atoms with Gasteiger partial charge in [-0.05, 0) is 33.0 Å². The molecule has 0 saturated carbocycles. The van der Waals surface area contributed by atoms with Gasteiger partial charge in [-0.2, -0.15) is 0 Å². The molecule has 136 valence electrons. The van der Waals surface area contributed by atoms with Crippen LogP contribution in [0.15, 0.2) is 41.9 Å². The number of carbonyl (C=O) groups excluding carboxylic acids is 1. The van der Waals surface area contributed by atoms with E-state index >= 15 is 0 Å². The number of thiazole rings is 1. The zero-order valence-electron chi connectivity index (χ0n) is 15.3. The maximum atomic E-state index is 12.8. The van der Waals surface area contributed by atoms with E-state index in [1.807, 2.05) is 36.3 Å². The van der Waals surface area contributed by atoms with Crippen molar-refractivity contribution in [1.82, 2.24) is 19.2 Å². The second kappa shape index (κ2) is 7.21. The number of carbonyl (C=O) groups is 1. The molecule has 1 aliphatic heterocycles. The largest absolute Gasteiger partial charge is 0.342 e. The molecule has 0 atom stereocenters. The molecule has 1 fully saturated rings. The van der Waals surface area contributed by atoms with Crippen molar-refractivity contribution in [3.8, 4) is 11.3 Å². The van der Waals surface area contributed by atoms with Crippen LogP contribution in [0.4, 0.5) is 0 Å². The maximum Gasteiger partial charge on any atom is 0.228 e. The molecule has 26 heavy (non-hydrogen) atoms. The van der Waals surface area contributed by atoms with Gasteiger partial charge in [0, 0.05) is 35.9 Å². The van der Waals surface area contributed by atoms with Crippen LogP contribution in [0.1, 0.15) is 18.5 Å². The first kappa shape index (κ1) is 17.2. The maximum absolute atomic E-state index is 12.8. The highest BCUT2D eigenvalue weighted by Crippen LogP contribution is 2.24. The van der Waals surface area contributed by atoms with Crippen LogP contribution in [0.2, 0.25) is 0 Å². The van der Waals surface area contributed by atoms with E-state index < -0.39 is 0 Å². The third-order valence-electron chi connectivity index (χ3n) is 5.31. The van der Waals surface area contributed by atoms with Crippen molar-refractivity contribution in [2.45, 2.75) is 25.3 Å². The van der Waals surface area contributed by atoms with Gasteiger partial charge >= 0.3 is 0 Å². The van der Waals surface area contributed by atoms with Crippen LogP contribution in [0, 0.1) is 0 Å².